The number of amides is 1. The summed E-state index contributed by atoms with van der Waals surface area (Å²) in [7, 11) is 1.57. The highest BCUT2D eigenvalue weighted by Crippen LogP contribution is 2.24. The molecule has 118 valence electrons. The molecule has 0 N–H and O–H groups in total. The van der Waals surface area contributed by atoms with Gasteiger partial charge in [0.05, 0.1) is 18.5 Å². The van der Waals surface area contributed by atoms with E-state index in [9.17, 15) is 4.79 Å². The summed E-state index contributed by atoms with van der Waals surface area (Å²) in [5.74, 6) is 0.301. The quantitative estimate of drug-likeness (QED) is 0.640. The van der Waals surface area contributed by atoms with Gasteiger partial charge in [0, 0.05) is 0 Å². The molecule has 0 radical (unpaired) electrons. The number of carbonyl (C=O) groups is 1. The van der Waals surface area contributed by atoms with Crippen LogP contribution in [0, 0.1) is 6.57 Å². The zero-order chi connectivity index (χ0) is 16.9. The van der Waals surface area contributed by atoms with Crippen LogP contribution in [0.5, 0.6) is 5.75 Å². The minimum atomic E-state index is -1.02. The van der Waals surface area contributed by atoms with Crippen LogP contribution in [-0.2, 0) is 4.79 Å². The van der Waals surface area contributed by atoms with Gasteiger partial charge >= 0.3 is 5.84 Å². The number of hydrazone groups is 1. The predicted octanol–water partition coefficient (Wildman–Crippen LogP) is 3.43. The van der Waals surface area contributed by atoms with Crippen LogP contribution in [0.25, 0.3) is 4.85 Å². The van der Waals surface area contributed by atoms with Gasteiger partial charge in [0.2, 0.25) is 6.04 Å². The first kappa shape index (κ1) is 15.4. The summed E-state index contributed by atoms with van der Waals surface area (Å²) in [4.78, 5) is 15.8. The summed E-state index contributed by atoms with van der Waals surface area (Å²) in [6.45, 7) is 7.21. The molecular weight excluding hydrogens is 306 g/mol. The summed E-state index contributed by atoms with van der Waals surface area (Å²) in [6, 6.07) is 14.8. The maximum atomic E-state index is 12.5. The molecule has 1 aliphatic heterocycles. The van der Waals surface area contributed by atoms with Gasteiger partial charge in [-0.05, 0) is 41.5 Å². The van der Waals surface area contributed by atoms with E-state index in [-0.39, 0.29) is 5.84 Å². The molecule has 7 heteroatoms. The standard InChI is InChI=1S/C17H13N5O2/c1-18-16-15(20-19-12-8-10-14(24-2)11-9-12)17(23)22(21-16)13-6-4-3-5-7-13/h3-11,15H,2H3. The molecule has 1 atom stereocenters. The van der Waals surface area contributed by atoms with Crippen LogP contribution >= 0.6 is 0 Å². The lowest BCUT2D eigenvalue weighted by Crippen LogP contribution is -2.29. The van der Waals surface area contributed by atoms with E-state index in [2.05, 4.69) is 20.2 Å². The molecule has 1 unspecified atom stereocenters. The number of hydrogen-bond donors (Lipinski definition) is 0. The van der Waals surface area contributed by atoms with Gasteiger partial charge in [0.1, 0.15) is 5.75 Å². The van der Waals surface area contributed by atoms with Gasteiger partial charge in [0.15, 0.2) is 0 Å². The SMILES string of the molecule is [C-]#[N+]C1=NN(c2ccccc2)C(=O)C1N=Nc1ccc(OC)cc1. The maximum Gasteiger partial charge on any atom is 0.307 e. The first-order valence-corrected chi connectivity index (χ1v) is 7.13. The number of anilines is 1. The number of hydrogen-bond acceptors (Lipinski definition) is 5. The molecule has 3 rings (SSSR count). The smallest absolute Gasteiger partial charge is 0.307 e. The first-order valence-electron chi connectivity index (χ1n) is 7.13. The van der Waals surface area contributed by atoms with E-state index in [0.717, 1.165) is 0 Å². The molecule has 0 saturated carbocycles. The van der Waals surface area contributed by atoms with Gasteiger partial charge in [0.25, 0.3) is 5.91 Å². The number of rotatable bonds is 4. The van der Waals surface area contributed by atoms with Crippen molar-refractivity contribution in [3.8, 4) is 5.75 Å². The highest BCUT2D eigenvalue weighted by Gasteiger charge is 2.40. The first-order chi connectivity index (χ1) is 11.7. The Kier molecular flexibility index (Phi) is 4.29. The molecule has 0 bridgehead atoms. The molecule has 0 aliphatic carbocycles. The number of methoxy groups -OCH3 is 1. The molecule has 0 saturated heterocycles. The molecular formula is C17H13N5O2. The van der Waals surface area contributed by atoms with Crippen molar-refractivity contribution in [3.63, 3.8) is 0 Å². The third-order valence-electron chi connectivity index (χ3n) is 3.37. The second kappa shape index (κ2) is 6.71. The van der Waals surface area contributed by atoms with Gasteiger partial charge in [-0.3, -0.25) is 4.79 Å². The number of para-hydroxylation sites is 1. The van der Waals surface area contributed by atoms with Crippen LogP contribution in [-0.4, -0.2) is 24.9 Å². The Bertz CT molecular complexity index is 838. The lowest BCUT2D eigenvalue weighted by Gasteiger charge is -2.07. The van der Waals surface area contributed by atoms with Gasteiger partial charge in [-0.1, -0.05) is 24.8 Å². The van der Waals surface area contributed by atoms with Crippen LogP contribution in [0.1, 0.15) is 0 Å². The van der Waals surface area contributed by atoms with E-state index in [1.165, 1.54) is 5.01 Å². The van der Waals surface area contributed by atoms with E-state index in [1.807, 2.05) is 6.07 Å². The molecule has 2 aromatic rings. The monoisotopic (exact) mass is 319 g/mol. The molecule has 0 fully saturated rings. The number of nitrogens with zero attached hydrogens (tertiary/aromatic N) is 5. The molecule has 1 amide bonds. The third kappa shape index (κ3) is 2.98. The van der Waals surface area contributed by atoms with Crippen molar-refractivity contribution in [1.82, 2.24) is 0 Å². The van der Waals surface area contributed by atoms with Gasteiger partial charge in [-0.2, -0.15) is 10.2 Å². The topological polar surface area (TPSA) is 71.0 Å². The summed E-state index contributed by atoms with van der Waals surface area (Å²) in [5.41, 5.74) is 1.15. The van der Waals surface area contributed by atoms with Crippen molar-refractivity contribution in [1.29, 1.82) is 0 Å². The Morgan fingerprint density at radius 2 is 1.88 bits per heavy atom. The summed E-state index contributed by atoms with van der Waals surface area (Å²) >= 11 is 0. The second-order valence-electron chi connectivity index (χ2n) is 4.87. The van der Waals surface area contributed by atoms with E-state index in [1.54, 1.807) is 55.6 Å². The van der Waals surface area contributed by atoms with Crippen molar-refractivity contribution in [2.45, 2.75) is 6.04 Å². The van der Waals surface area contributed by atoms with Crippen molar-refractivity contribution >= 4 is 23.1 Å². The Hall–Kier alpha value is -3.53. The zero-order valence-corrected chi connectivity index (χ0v) is 12.8. The molecule has 1 heterocycles. The Morgan fingerprint density at radius 1 is 1.17 bits per heavy atom. The fraction of sp³-hybridized carbons (Fsp3) is 0.118. The molecule has 24 heavy (non-hydrogen) atoms. The summed E-state index contributed by atoms with van der Waals surface area (Å²) in [5, 5.41) is 13.3. The largest absolute Gasteiger partial charge is 0.497 e. The average molecular weight is 319 g/mol. The molecule has 2 aromatic carbocycles. The van der Waals surface area contributed by atoms with Crippen LogP contribution < -0.4 is 9.75 Å². The summed E-state index contributed by atoms with van der Waals surface area (Å²) < 4.78 is 5.07. The number of amidine groups is 1. The van der Waals surface area contributed by atoms with Crippen LogP contribution in [0.4, 0.5) is 11.4 Å². The van der Waals surface area contributed by atoms with E-state index >= 15 is 0 Å². The maximum absolute atomic E-state index is 12.5. The van der Waals surface area contributed by atoms with E-state index in [0.29, 0.717) is 17.1 Å². The fourth-order valence-corrected chi connectivity index (χ4v) is 2.14. The van der Waals surface area contributed by atoms with Crippen molar-refractivity contribution in [2.24, 2.45) is 15.3 Å². The predicted molar refractivity (Wildman–Crippen MR) is 89.3 cm³/mol. The summed E-state index contributed by atoms with van der Waals surface area (Å²) in [6.07, 6.45) is 0. The lowest BCUT2D eigenvalue weighted by atomic mass is 10.2. The Morgan fingerprint density at radius 3 is 2.50 bits per heavy atom. The zero-order valence-electron chi connectivity index (χ0n) is 12.8. The van der Waals surface area contributed by atoms with Crippen LogP contribution in [0.15, 0.2) is 69.9 Å². The number of benzene rings is 2. The van der Waals surface area contributed by atoms with E-state index < -0.39 is 11.9 Å². The number of ether oxygens (including phenoxy) is 1. The Balaban J connectivity index is 1.83. The van der Waals surface area contributed by atoms with Crippen molar-refractivity contribution in [3.05, 3.63) is 66.0 Å². The lowest BCUT2D eigenvalue weighted by molar-refractivity contribution is -0.117. The van der Waals surface area contributed by atoms with Crippen molar-refractivity contribution < 1.29 is 9.53 Å². The third-order valence-corrected chi connectivity index (χ3v) is 3.37. The van der Waals surface area contributed by atoms with Gasteiger partial charge in [-0.15, -0.1) is 5.01 Å². The number of carbonyl (C=O) groups excluding carboxylic acids is 1. The van der Waals surface area contributed by atoms with E-state index in [4.69, 9.17) is 11.3 Å². The second-order valence-corrected chi connectivity index (χ2v) is 4.87. The number of azo groups is 1. The van der Waals surface area contributed by atoms with Gasteiger partial charge < -0.3 is 9.58 Å². The highest BCUT2D eigenvalue weighted by molar-refractivity contribution is 6.21. The molecule has 0 aromatic heterocycles. The normalized spacial score (nSPS) is 17.0. The van der Waals surface area contributed by atoms with Crippen LogP contribution in [0.2, 0.25) is 0 Å². The highest BCUT2D eigenvalue weighted by atomic mass is 16.5. The molecule has 1 aliphatic rings. The average Bonchev–Trinajstić information content (AvgIpc) is 2.97. The molecule has 0 spiro atoms. The minimum absolute atomic E-state index is 0.00103. The Labute approximate surface area is 138 Å². The minimum Gasteiger partial charge on any atom is -0.497 e. The van der Waals surface area contributed by atoms with Crippen LogP contribution in [0.3, 0.4) is 0 Å². The van der Waals surface area contributed by atoms with Gasteiger partial charge in [-0.25, -0.2) is 0 Å². The molecule has 7 nitrogen and oxygen atoms in total. The van der Waals surface area contributed by atoms with Crippen molar-refractivity contribution in [2.75, 3.05) is 12.1 Å². The fourth-order valence-electron chi connectivity index (χ4n) is 2.14.